The van der Waals surface area contributed by atoms with Crippen LogP contribution in [0.25, 0.3) is 0 Å². The predicted molar refractivity (Wildman–Crippen MR) is 113 cm³/mol. The molecule has 2 aromatic rings. The van der Waals surface area contributed by atoms with E-state index >= 15 is 0 Å². The van der Waals surface area contributed by atoms with Gasteiger partial charge in [0.05, 0.1) is 19.8 Å². The molecule has 0 saturated carbocycles. The van der Waals surface area contributed by atoms with E-state index in [-0.39, 0.29) is 12.0 Å². The van der Waals surface area contributed by atoms with Gasteiger partial charge >= 0.3 is 0 Å². The fraction of sp³-hybridized carbons (Fsp3) is 0.609. The van der Waals surface area contributed by atoms with Crippen LogP contribution < -0.4 is 4.74 Å². The summed E-state index contributed by atoms with van der Waals surface area (Å²) >= 11 is 0. The summed E-state index contributed by atoms with van der Waals surface area (Å²) in [5, 5.41) is 4.02. The summed E-state index contributed by atoms with van der Waals surface area (Å²) in [5.41, 5.74) is 1.12. The number of rotatable bonds is 10. The standard InChI is InChI=1S/C23H33N3O4/c1-17(2)15-22-24-21(25-30-22)11-14-29-19-9-12-26(13-10-19)23(27)8-7-18-5-4-6-20(16-18)28-3/h4-6,16-17,19H,7-15H2,1-3H3. The Balaban J connectivity index is 1.33. The van der Waals surface area contributed by atoms with Crippen molar-refractivity contribution in [3.8, 4) is 5.75 Å². The van der Waals surface area contributed by atoms with Crippen molar-refractivity contribution in [3.63, 3.8) is 0 Å². The number of methoxy groups -OCH3 is 1. The first-order valence-corrected chi connectivity index (χ1v) is 10.9. The van der Waals surface area contributed by atoms with E-state index in [1.54, 1.807) is 7.11 Å². The summed E-state index contributed by atoms with van der Waals surface area (Å²) in [5.74, 6) is 2.94. The maximum absolute atomic E-state index is 12.5. The van der Waals surface area contributed by atoms with Crippen LogP contribution in [0.4, 0.5) is 0 Å². The van der Waals surface area contributed by atoms with Crippen LogP contribution in [0.1, 0.15) is 50.4 Å². The number of carbonyl (C=O) groups excluding carboxylic acids is 1. The van der Waals surface area contributed by atoms with Crippen LogP contribution in [0.5, 0.6) is 5.75 Å². The number of hydrogen-bond acceptors (Lipinski definition) is 6. The first-order chi connectivity index (χ1) is 14.5. The molecule has 1 aliphatic heterocycles. The Hall–Kier alpha value is -2.41. The Morgan fingerprint density at radius 2 is 2.07 bits per heavy atom. The van der Waals surface area contributed by atoms with Gasteiger partial charge in [-0.1, -0.05) is 31.1 Å². The molecule has 0 atom stereocenters. The van der Waals surface area contributed by atoms with Gasteiger partial charge in [-0.15, -0.1) is 0 Å². The second-order valence-electron chi connectivity index (χ2n) is 8.25. The lowest BCUT2D eigenvalue weighted by atomic mass is 10.1. The molecule has 1 fully saturated rings. The minimum absolute atomic E-state index is 0.189. The lowest BCUT2D eigenvalue weighted by molar-refractivity contribution is -0.133. The Morgan fingerprint density at radius 3 is 2.80 bits per heavy atom. The van der Waals surface area contributed by atoms with Crippen LogP contribution in [0, 0.1) is 5.92 Å². The van der Waals surface area contributed by atoms with Crippen LogP contribution in [-0.2, 0) is 28.8 Å². The normalized spacial score (nSPS) is 15.0. The van der Waals surface area contributed by atoms with Gasteiger partial charge < -0.3 is 18.9 Å². The summed E-state index contributed by atoms with van der Waals surface area (Å²) in [6, 6.07) is 7.90. The molecule has 3 rings (SSSR count). The second kappa shape index (κ2) is 11.1. The number of likely N-dealkylation sites (tertiary alicyclic amines) is 1. The van der Waals surface area contributed by atoms with Gasteiger partial charge in [0.25, 0.3) is 0 Å². The molecule has 0 spiro atoms. The molecule has 1 aromatic heterocycles. The molecule has 1 aromatic carbocycles. The third kappa shape index (κ3) is 6.83. The van der Waals surface area contributed by atoms with Crippen molar-refractivity contribution in [2.45, 2.75) is 58.5 Å². The molecule has 0 N–H and O–H groups in total. The molecular weight excluding hydrogens is 382 g/mol. The van der Waals surface area contributed by atoms with Crippen molar-refractivity contribution in [1.29, 1.82) is 0 Å². The maximum atomic E-state index is 12.5. The second-order valence-corrected chi connectivity index (χ2v) is 8.25. The predicted octanol–water partition coefficient (Wildman–Crippen LogP) is 3.46. The first kappa shape index (κ1) is 22.3. The third-order valence-corrected chi connectivity index (χ3v) is 5.33. The molecule has 7 nitrogen and oxygen atoms in total. The van der Waals surface area contributed by atoms with Gasteiger partial charge in [-0.05, 0) is 42.9 Å². The summed E-state index contributed by atoms with van der Waals surface area (Å²) < 4.78 is 16.5. The van der Waals surface area contributed by atoms with Crippen LogP contribution >= 0.6 is 0 Å². The van der Waals surface area contributed by atoms with Crippen molar-refractivity contribution in [3.05, 3.63) is 41.5 Å². The largest absolute Gasteiger partial charge is 0.497 e. The Bertz CT molecular complexity index is 797. The summed E-state index contributed by atoms with van der Waals surface area (Å²) in [7, 11) is 1.66. The zero-order chi connectivity index (χ0) is 21.3. The molecule has 0 bridgehead atoms. The molecule has 164 valence electrons. The van der Waals surface area contributed by atoms with Crippen LogP contribution in [0.2, 0.25) is 0 Å². The number of benzene rings is 1. The fourth-order valence-corrected chi connectivity index (χ4v) is 3.65. The first-order valence-electron chi connectivity index (χ1n) is 10.9. The molecule has 1 amide bonds. The van der Waals surface area contributed by atoms with Crippen LogP contribution in [0.3, 0.4) is 0 Å². The van der Waals surface area contributed by atoms with Crippen molar-refractivity contribution in [2.75, 3.05) is 26.8 Å². The third-order valence-electron chi connectivity index (χ3n) is 5.33. The SMILES string of the molecule is COc1cccc(CCC(=O)N2CCC(OCCc3noc(CC(C)C)n3)CC2)c1. The highest BCUT2D eigenvalue weighted by Crippen LogP contribution is 2.18. The topological polar surface area (TPSA) is 77.7 Å². The van der Waals surface area contributed by atoms with Crippen molar-refractivity contribution >= 4 is 5.91 Å². The average Bonchev–Trinajstić information content (AvgIpc) is 3.19. The van der Waals surface area contributed by atoms with E-state index in [4.69, 9.17) is 14.0 Å². The van der Waals surface area contributed by atoms with Gasteiger partial charge in [0.15, 0.2) is 5.82 Å². The number of carbonyl (C=O) groups is 1. The van der Waals surface area contributed by atoms with E-state index in [9.17, 15) is 4.79 Å². The van der Waals surface area contributed by atoms with E-state index in [0.29, 0.717) is 37.1 Å². The number of hydrogen-bond donors (Lipinski definition) is 0. The highest BCUT2D eigenvalue weighted by Gasteiger charge is 2.23. The van der Waals surface area contributed by atoms with Crippen LogP contribution in [0.15, 0.2) is 28.8 Å². The van der Waals surface area contributed by atoms with E-state index in [1.807, 2.05) is 29.2 Å². The molecule has 2 heterocycles. The number of nitrogens with zero attached hydrogens (tertiary/aromatic N) is 3. The van der Waals surface area contributed by atoms with Gasteiger partial charge in [-0.2, -0.15) is 4.98 Å². The van der Waals surface area contributed by atoms with Crippen molar-refractivity contribution in [2.24, 2.45) is 5.92 Å². The summed E-state index contributed by atoms with van der Waals surface area (Å²) in [6.45, 7) is 6.34. The molecule has 0 aliphatic carbocycles. The van der Waals surface area contributed by atoms with E-state index in [0.717, 1.165) is 50.1 Å². The van der Waals surface area contributed by atoms with Gasteiger partial charge in [0, 0.05) is 32.4 Å². The molecule has 30 heavy (non-hydrogen) atoms. The monoisotopic (exact) mass is 415 g/mol. The van der Waals surface area contributed by atoms with Gasteiger partial charge in [-0.3, -0.25) is 4.79 Å². The van der Waals surface area contributed by atoms with Gasteiger partial charge in [0.1, 0.15) is 5.75 Å². The lowest BCUT2D eigenvalue weighted by Gasteiger charge is -2.32. The highest BCUT2D eigenvalue weighted by molar-refractivity contribution is 5.76. The highest BCUT2D eigenvalue weighted by atomic mass is 16.5. The molecule has 0 unspecified atom stereocenters. The van der Waals surface area contributed by atoms with Gasteiger partial charge in [-0.25, -0.2) is 0 Å². The summed E-state index contributed by atoms with van der Waals surface area (Å²) in [4.78, 5) is 18.9. The number of aromatic nitrogens is 2. The minimum atomic E-state index is 0.189. The Labute approximate surface area is 178 Å². The fourth-order valence-electron chi connectivity index (χ4n) is 3.65. The zero-order valence-corrected chi connectivity index (χ0v) is 18.3. The molecule has 7 heteroatoms. The van der Waals surface area contributed by atoms with E-state index in [2.05, 4.69) is 24.0 Å². The maximum Gasteiger partial charge on any atom is 0.226 e. The minimum Gasteiger partial charge on any atom is -0.497 e. The number of aryl methyl sites for hydroxylation is 1. The number of ether oxygens (including phenoxy) is 2. The number of amides is 1. The molecule has 1 saturated heterocycles. The van der Waals surface area contributed by atoms with Crippen molar-refractivity contribution < 1.29 is 18.8 Å². The van der Waals surface area contributed by atoms with Crippen molar-refractivity contribution in [1.82, 2.24) is 15.0 Å². The Morgan fingerprint density at radius 1 is 1.27 bits per heavy atom. The van der Waals surface area contributed by atoms with E-state index in [1.165, 1.54) is 0 Å². The van der Waals surface area contributed by atoms with E-state index < -0.39 is 0 Å². The van der Waals surface area contributed by atoms with Crippen LogP contribution in [-0.4, -0.2) is 53.9 Å². The smallest absolute Gasteiger partial charge is 0.226 e. The molecule has 0 radical (unpaired) electrons. The van der Waals surface area contributed by atoms with Gasteiger partial charge in [0.2, 0.25) is 11.8 Å². The zero-order valence-electron chi connectivity index (χ0n) is 18.3. The molecule has 1 aliphatic rings. The summed E-state index contributed by atoms with van der Waals surface area (Å²) in [6.07, 6.45) is 4.64. The number of piperidine rings is 1. The lowest BCUT2D eigenvalue weighted by Crippen LogP contribution is -2.41. The Kier molecular flexibility index (Phi) is 8.25. The average molecular weight is 416 g/mol. The molecular formula is C23H33N3O4. The quantitative estimate of drug-likeness (QED) is 0.591.